The molecule has 0 aliphatic rings. The van der Waals surface area contributed by atoms with Gasteiger partial charge in [0, 0.05) is 24.1 Å². The molecule has 0 saturated heterocycles. The van der Waals surface area contributed by atoms with Crippen molar-refractivity contribution in [1.29, 1.82) is 0 Å². The Morgan fingerprint density at radius 3 is 2.00 bits per heavy atom. The van der Waals surface area contributed by atoms with Crippen molar-refractivity contribution in [1.82, 2.24) is 4.90 Å². The Morgan fingerprint density at radius 2 is 1.56 bits per heavy atom. The monoisotopic (exact) mass is 381 g/mol. The van der Waals surface area contributed by atoms with Gasteiger partial charge in [-0.15, -0.1) is 0 Å². The minimum Gasteiger partial charge on any atom is -0.307 e. The van der Waals surface area contributed by atoms with E-state index in [1.165, 1.54) is 0 Å². The normalized spacial score (nSPS) is 14.9. The van der Waals surface area contributed by atoms with Crippen LogP contribution in [0, 0.1) is 23.3 Å². The molecule has 0 N–H and O–H groups in total. The van der Waals surface area contributed by atoms with Crippen molar-refractivity contribution in [2.75, 3.05) is 14.1 Å². The molecular weight excluding hydrogens is 358 g/mol. The van der Waals surface area contributed by atoms with Gasteiger partial charge in [0.05, 0.1) is 5.41 Å². The Balaban J connectivity index is 2.94. The highest BCUT2D eigenvalue weighted by Gasteiger charge is 2.47. The van der Waals surface area contributed by atoms with Crippen LogP contribution in [0.2, 0.25) is 0 Å². The van der Waals surface area contributed by atoms with Gasteiger partial charge in [0.2, 0.25) is 0 Å². The van der Waals surface area contributed by atoms with Crippen molar-refractivity contribution < 1.29 is 22.4 Å². The van der Waals surface area contributed by atoms with E-state index in [0.717, 1.165) is 0 Å². The van der Waals surface area contributed by atoms with E-state index in [1.54, 1.807) is 63.2 Å². The van der Waals surface area contributed by atoms with Gasteiger partial charge in [-0.05, 0) is 33.0 Å². The molecule has 2 nitrogen and oxygen atoms in total. The van der Waals surface area contributed by atoms with Crippen molar-refractivity contribution in [2.45, 2.75) is 38.1 Å². The highest BCUT2D eigenvalue weighted by atomic mass is 19.2. The maximum absolute atomic E-state index is 14.8. The van der Waals surface area contributed by atoms with Crippen molar-refractivity contribution in [3.8, 4) is 0 Å². The lowest BCUT2D eigenvalue weighted by atomic mass is 9.66. The van der Waals surface area contributed by atoms with Crippen molar-refractivity contribution in [3.63, 3.8) is 0 Å². The molecule has 0 aromatic heterocycles. The van der Waals surface area contributed by atoms with Gasteiger partial charge in [-0.2, -0.15) is 0 Å². The molecule has 0 aliphatic heterocycles. The fourth-order valence-corrected chi connectivity index (χ4v) is 3.38. The molecular formula is C21H23F4NO. The number of nitrogens with zero attached hydrogens (tertiary/aromatic N) is 1. The standard InChI is InChI=1S/C21H23F4NO/c1-5-17(27)21(12-13(2)26(3)4,14-9-7-6-8-10-14)18-19(24)15(22)11-16(23)20(18)25/h6-11,13H,5,12H2,1-4H3/t13-,21-/m0/s1. The summed E-state index contributed by atoms with van der Waals surface area (Å²) < 4.78 is 57.7. The van der Waals surface area contributed by atoms with Crippen LogP contribution >= 0.6 is 0 Å². The molecule has 27 heavy (non-hydrogen) atoms. The Kier molecular flexibility index (Phi) is 6.42. The van der Waals surface area contributed by atoms with Crippen molar-refractivity contribution >= 4 is 5.78 Å². The Bertz CT molecular complexity index is 796. The van der Waals surface area contributed by atoms with Crippen LogP contribution in [-0.4, -0.2) is 30.8 Å². The zero-order valence-corrected chi connectivity index (χ0v) is 15.8. The number of Topliss-reactive ketones (excluding diaryl/α,β-unsaturated/α-hetero) is 1. The molecule has 0 amide bonds. The molecule has 0 saturated carbocycles. The van der Waals surface area contributed by atoms with E-state index in [4.69, 9.17) is 0 Å². The SMILES string of the molecule is CCC(=O)[C@](C[C@H](C)N(C)C)(c1ccccc1)c1c(F)c(F)cc(F)c1F. The van der Waals surface area contributed by atoms with Crippen molar-refractivity contribution in [3.05, 3.63) is 70.8 Å². The van der Waals surface area contributed by atoms with E-state index in [9.17, 15) is 22.4 Å². The molecule has 6 heteroatoms. The summed E-state index contributed by atoms with van der Waals surface area (Å²) in [6, 6.07) is 7.91. The number of carbonyl (C=O) groups excluding carboxylic acids is 1. The summed E-state index contributed by atoms with van der Waals surface area (Å²) in [6.45, 7) is 3.35. The second-order valence-corrected chi connectivity index (χ2v) is 6.91. The highest BCUT2D eigenvalue weighted by molar-refractivity contribution is 5.94. The Hall–Kier alpha value is -2.21. The average molecular weight is 381 g/mol. The lowest BCUT2D eigenvalue weighted by Crippen LogP contribution is -2.44. The summed E-state index contributed by atoms with van der Waals surface area (Å²) in [5.41, 5.74) is -2.42. The lowest BCUT2D eigenvalue weighted by Gasteiger charge is -2.38. The van der Waals surface area contributed by atoms with Gasteiger partial charge in [0.15, 0.2) is 23.3 Å². The summed E-state index contributed by atoms with van der Waals surface area (Å²) in [5, 5.41) is 0. The van der Waals surface area contributed by atoms with Gasteiger partial charge in [-0.25, -0.2) is 17.6 Å². The summed E-state index contributed by atoms with van der Waals surface area (Å²) >= 11 is 0. The minimum absolute atomic E-state index is 0.0343. The largest absolute Gasteiger partial charge is 0.307 e. The van der Waals surface area contributed by atoms with Crippen LogP contribution < -0.4 is 0 Å². The Labute approximate surface area is 156 Å². The topological polar surface area (TPSA) is 20.3 Å². The van der Waals surface area contributed by atoms with Crippen LogP contribution in [0.15, 0.2) is 36.4 Å². The molecule has 0 fully saturated rings. The maximum Gasteiger partial charge on any atom is 0.166 e. The van der Waals surface area contributed by atoms with E-state index < -0.39 is 40.0 Å². The third kappa shape index (κ3) is 3.76. The molecule has 0 aliphatic carbocycles. The predicted molar refractivity (Wildman–Crippen MR) is 96.6 cm³/mol. The van der Waals surface area contributed by atoms with Gasteiger partial charge in [0.1, 0.15) is 5.78 Å². The Morgan fingerprint density at radius 1 is 1.04 bits per heavy atom. The minimum atomic E-state index is -1.85. The van der Waals surface area contributed by atoms with Crippen LogP contribution in [0.25, 0.3) is 0 Å². The van der Waals surface area contributed by atoms with Crippen molar-refractivity contribution in [2.24, 2.45) is 0 Å². The maximum atomic E-state index is 14.8. The zero-order valence-electron chi connectivity index (χ0n) is 15.8. The third-order valence-electron chi connectivity index (χ3n) is 5.09. The van der Waals surface area contributed by atoms with E-state index >= 15 is 0 Å². The van der Waals surface area contributed by atoms with E-state index in [0.29, 0.717) is 5.56 Å². The quantitative estimate of drug-likeness (QED) is 0.505. The molecule has 2 rings (SSSR count). The summed E-state index contributed by atoms with van der Waals surface area (Å²) in [7, 11) is 3.52. The van der Waals surface area contributed by atoms with Gasteiger partial charge in [-0.3, -0.25) is 4.79 Å². The summed E-state index contributed by atoms with van der Waals surface area (Å²) in [5.74, 6) is -6.63. The fraction of sp³-hybridized carbons (Fsp3) is 0.381. The van der Waals surface area contributed by atoms with Gasteiger partial charge >= 0.3 is 0 Å². The molecule has 2 aromatic carbocycles. The number of carbonyl (C=O) groups is 1. The molecule has 2 atom stereocenters. The highest BCUT2D eigenvalue weighted by Crippen LogP contribution is 2.43. The number of ketones is 1. The molecule has 2 aromatic rings. The number of hydrogen-bond acceptors (Lipinski definition) is 2. The number of halogens is 4. The van der Waals surface area contributed by atoms with E-state index in [-0.39, 0.29) is 24.9 Å². The van der Waals surface area contributed by atoms with Crippen LogP contribution in [-0.2, 0) is 10.2 Å². The number of hydrogen-bond donors (Lipinski definition) is 0. The molecule has 0 unspecified atom stereocenters. The predicted octanol–water partition coefficient (Wildman–Crippen LogP) is 4.85. The van der Waals surface area contributed by atoms with Crippen LogP contribution in [0.3, 0.4) is 0 Å². The van der Waals surface area contributed by atoms with Crippen LogP contribution in [0.4, 0.5) is 17.6 Å². The van der Waals surface area contributed by atoms with E-state index in [1.807, 2.05) is 0 Å². The molecule has 0 heterocycles. The molecule has 0 radical (unpaired) electrons. The summed E-state index contributed by atoms with van der Waals surface area (Å²) in [4.78, 5) is 14.9. The average Bonchev–Trinajstić information content (AvgIpc) is 2.65. The molecule has 0 bridgehead atoms. The van der Waals surface area contributed by atoms with Crippen LogP contribution in [0.5, 0.6) is 0 Å². The second kappa shape index (κ2) is 8.21. The molecule has 146 valence electrons. The first-order valence-corrected chi connectivity index (χ1v) is 8.75. The fourth-order valence-electron chi connectivity index (χ4n) is 3.38. The van der Waals surface area contributed by atoms with Gasteiger partial charge in [0.25, 0.3) is 0 Å². The van der Waals surface area contributed by atoms with E-state index in [2.05, 4.69) is 0 Å². The zero-order chi connectivity index (χ0) is 20.4. The summed E-state index contributed by atoms with van der Waals surface area (Å²) in [6.07, 6.45) is -0.0839. The second-order valence-electron chi connectivity index (χ2n) is 6.91. The first kappa shape index (κ1) is 21.1. The first-order valence-electron chi connectivity index (χ1n) is 8.75. The molecule has 0 spiro atoms. The van der Waals surface area contributed by atoms with Crippen LogP contribution in [0.1, 0.15) is 37.8 Å². The van der Waals surface area contributed by atoms with Gasteiger partial charge in [-0.1, -0.05) is 37.3 Å². The third-order valence-corrected chi connectivity index (χ3v) is 5.09. The lowest BCUT2D eigenvalue weighted by molar-refractivity contribution is -0.123. The first-order chi connectivity index (χ1) is 12.7. The number of rotatable bonds is 7. The number of benzene rings is 2. The smallest absolute Gasteiger partial charge is 0.166 e. The van der Waals surface area contributed by atoms with Gasteiger partial charge < -0.3 is 4.90 Å².